The fraction of sp³-hybridized carbons (Fsp3) is 0.300. The second kappa shape index (κ2) is 9.75. The molecular weight excluding hydrogens is 440 g/mol. The molecule has 2 aromatic carbocycles. The monoisotopic (exact) mass is 461 g/mol. The first kappa shape index (κ1) is 23.2. The molecule has 0 aromatic heterocycles. The quantitative estimate of drug-likeness (QED) is 0.373. The molecule has 3 rings (SSSR count). The van der Waals surface area contributed by atoms with Crippen LogP contribution in [0, 0.1) is 10.1 Å². The number of ether oxygens (including phenoxy) is 1. The molecule has 170 valence electrons. The number of carbonyl (C=O) groups is 1. The number of nitrogens with zero attached hydrogens (tertiary/aromatic N) is 3. The van der Waals surface area contributed by atoms with Crippen molar-refractivity contribution in [2.24, 2.45) is 5.10 Å². The van der Waals surface area contributed by atoms with Crippen LogP contribution in [0.3, 0.4) is 0 Å². The molecule has 32 heavy (non-hydrogen) atoms. The van der Waals surface area contributed by atoms with E-state index in [4.69, 9.17) is 4.74 Å². The molecule has 12 heteroatoms. The first-order chi connectivity index (χ1) is 15.2. The number of benzene rings is 2. The molecule has 0 bridgehead atoms. The topological polar surface area (TPSA) is 154 Å². The number of hydrogen-bond donors (Lipinski definition) is 1. The Morgan fingerprint density at radius 2 is 1.94 bits per heavy atom. The van der Waals surface area contributed by atoms with Crippen LogP contribution < -0.4 is 15.3 Å². The Hall–Kier alpha value is -3.51. The Balaban J connectivity index is 1.76. The zero-order valence-electron chi connectivity index (χ0n) is 17.2. The summed E-state index contributed by atoms with van der Waals surface area (Å²) in [5.41, 5.74) is 1.80. The maximum Gasteiger partial charge on any atom is 0.271 e. The highest BCUT2D eigenvalue weighted by molar-refractivity contribution is 7.89. The van der Waals surface area contributed by atoms with E-state index in [1.54, 1.807) is 0 Å². The summed E-state index contributed by atoms with van der Waals surface area (Å²) in [7, 11) is -2.50. The molecule has 1 heterocycles. The molecule has 0 aliphatic carbocycles. The predicted molar refractivity (Wildman–Crippen MR) is 113 cm³/mol. The number of hydrogen-bond acceptors (Lipinski definition) is 8. The molecule has 1 amide bonds. The van der Waals surface area contributed by atoms with Gasteiger partial charge in [0.2, 0.25) is 10.0 Å². The number of methoxy groups -OCH3 is 1. The minimum absolute atomic E-state index is 0.0161. The van der Waals surface area contributed by atoms with Crippen molar-refractivity contribution in [1.82, 2.24) is 9.73 Å². The zero-order chi connectivity index (χ0) is 23.3. The highest BCUT2D eigenvalue weighted by Crippen LogP contribution is 2.33. The van der Waals surface area contributed by atoms with Crippen LogP contribution in [-0.2, 0) is 10.0 Å². The van der Waals surface area contributed by atoms with E-state index < -0.39 is 32.3 Å². The van der Waals surface area contributed by atoms with E-state index >= 15 is 0 Å². The third kappa shape index (κ3) is 5.03. The van der Waals surface area contributed by atoms with Crippen LogP contribution in [0.1, 0.15) is 35.2 Å². The van der Waals surface area contributed by atoms with Gasteiger partial charge in [-0.2, -0.15) is 9.41 Å². The molecule has 1 saturated heterocycles. The average Bonchev–Trinajstić information content (AvgIpc) is 2.80. The Bertz CT molecular complexity index is 1160. The first-order valence-electron chi connectivity index (χ1n) is 9.71. The summed E-state index contributed by atoms with van der Waals surface area (Å²) in [5, 5.41) is 26.6. The van der Waals surface area contributed by atoms with Crippen molar-refractivity contribution >= 4 is 27.8 Å². The van der Waals surface area contributed by atoms with Gasteiger partial charge in [0, 0.05) is 36.0 Å². The van der Waals surface area contributed by atoms with Crippen LogP contribution in [0.4, 0.5) is 5.69 Å². The highest BCUT2D eigenvalue weighted by atomic mass is 32.2. The largest absolute Gasteiger partial charge is 0.865 e. The average molecular weight is 461 g/mol. The van der Waals surface area contributed by atoms with Crippen molar-refractivity contribution in [3.05, 3.63) is 57.6 Å². The number of hydrazone groups is 1. The SMILES string of the molecule is COc1cc(/C=N\NC(=O)c2cccc(S(=O)(=O)N3CCCCC3)c2)cc([N+](=O)[O-])c1[O-]. The van der Waals surface area contributed by atoms with Gasteiger partial charge in [0.15, 0.2) is 0 Å². The Morgan fingerprint density at radius 3 is 2.59 bits per heavy atom. The number of nitrogens with one attached hydrogen (secondary N) is 1. The minimum atomic E-state index is -3.70. The Morgan fingerprint density at radius 1 is 1.22 bits per heavy atom. The molecule has 11 nitrogen and oxygen atoms in total. The van der Waals surface area contributed by atoms with Gasteiger partial charge < -0.3 is 9.84 Å². The van der Waals surface area contributed by atoms with E-state index in [2.05, 4.69) is 10.5 Å². The van der Waals surface area contributed by atoms with Crippen molar-refractivity contribution in [1.29, 1.82) is 0 Å². The summed E-state index contributed by atoms with van der Waals surface area (Å²) in [6, 6.07) is 7.87. The van der Waals surface area contributed by atoms with Crippen LogP contribution >= 0.6 is 0 Å². The lowest BCUT2D eigenvalue weighted by Gasteiger charge is -2.25. The number of nitro benzene ring substituents is 1. The molecule has 0 atom stereocenters. The number of amides is 1. The predicted octanol–water partition coefficient (Wildman–Crippen LogP) is 1.62. The number of sulfonamides is 1. The van der Waals surface area contributed by atoms with Gasteiger partial charge in [-0.3, -0.25) is 14.9 Å². The van der Waals surface area contributed by atoms with E-state index in [1.807, 2.05) is 0 Å². The number of rotatable bonds is 7. The zero-order valence-corrected chi connectivity index (χ0v) is 18.0. The lowest BCUT2D eigenvalue weighted by atomic mass is 10.2. The maximum absolute atomic E-state index is 12.8. The molecule has 1 aliphatic heterocycles. The number of nitro groups is 1. The third-order valence-electron chi connectivity index (χ3n) is 4.90. The summed E-state index contributed by atoms with van der Waals surface area (Å²) < 4.78 is 31.9. The van der Waals surface area contributed by atoms with E-state index in [0.29, 0.717) is 13.1 Å². The van der Waals surface area contributed by atoms with E-state index in [1.165, 1.54) is 41.7 Å². The first-order valence-corrected chi connectivity index (χ1v) is 11.1. The summed E-state index contributed by atoms with van der Waals surface area (Å²) in [5.74, 6) is -1.77. The van der Waals surface area contributed by atoms with Gasteiger partial charge in [0.05, 0.1) is 23.1 Å². The fourth-order valence-corrected chi connectivity index (χ4v) is 4.82. The molecule has 0 saturated carbocycles. The second-order valence-corrected chi connectivity index (χ2v) is 8.96. The molecule has 1 aliphatic rings. The molecule has 0 unspecified atom stereocenters. The maximum atomic E-state index is 12.8. The lowest BCUT2D eigenvalue weighted by Crippen LogP contribution is -2.35. The Kier molecular flexibility index (Phi) is 7.05. The number of piperidine rings is 1. The van der Waals surface area contributed by atoms with Crippen LogP contribution in [0.15, 0.2) is 46.4 Å². The summed E-state index contributed by atoms with van der Waals surface area (Å²) in [6.07, 6.45) is 3.69. The van der Waals surface area contributed by atoms with E-state index in [-0.39, 0.29) is 21.8 Å². The van der Waals surface area contributed by atoms with Crippen molar-refractivity contribution in [2.75, 3.05) is 20.2 Å². The normalized spacial score (nSPS) is 14.9. The van der Waals surface area contributed by atoms with Crippen LogP contribution in [0.2, 0.25) is 0 Å². The van der Waals surface area contributed by atoms with Crippen LogP contribution in [-0.4, -0.2) is 50.0 Å². The van der Waals surface area contributed by atoms with Gasteiger partial charge in [0.25, 0.3) is 11.6 Å². The van der Waals surface area contributed by atoms with Crippen LogP contribution in [0.25, 0.3) is 0 Å². The van der Waals surface area contributed by atoms with E-state index in [9.17, 15) is 28.4 Å². The molecule has 2 aromatic rings. The highest BCUT2D eigenvalue weighted by Gasteiger charge is 2.26. The smallest absolute Gasteiger partial charge is 0.271 e. The molecule has 1 N–H and O–H groups in total. The standard InChI is InChI=1S/C20H22N4O7S/c1-31-18-11-14(10-17(19(18)25)24(27)28)13-21-22-20(26)15-6-5-7-16(12-15)32(29,30)23-8-3-2-4-9-23/h5-7,10-13,25H,2-4,8-9H2,1H3,(H,22,26)/p-1/b21-13-. The molecule has 0 spiro atoms. The summed E-state index contributed by atoms with van der Waals surface area (Å²) in [6.45, 7) is 0.890. The lowest BCUT2D eigenvalue weighted by molar-refractivity contribution is -0.398. The van der Waals surface area contributed by atoms with Crippen molar-refractivity contribution < 1.29 is 28.0 Å². The molecular formula is C20H21N4O7S-. The van der Waals surface area contributed by atoms with E-state index in [0.717, 1.165) is 31.5 Å². The van der Waals surface area contributed by atoms with Gasteiger partial charge in [-0.15, -0.1) is 0 Å². The third-order valence-corrected chi connectivity index (χ3v) is 6.80. The molecule has 0 radical (unpaired) electrons. The van der Waals surface area contributed by atoms with Crippen molar-refractivity contribution in [2.45, 2.75) is 24.2 Å². The van der Waals surface area contributed by atoms with Gasteiger partial charge in [-0.25, -0.2) is 13.8 Å². The van der Waals surface area contributed by atoms with Gasteiger partial charge in [-0.05, 0) is 37.1 Å². The van der Waals surface area contributed by atoms with Gasteiger partial charge in [0.1, 0.15) is 5.75 Å². The van der Waals surface area contributed by atoms with Crippen molar-refractivity contribution in [3.63, 3.8) is 0 Å². The van der Waals surface area contributed by atoms with Gasteiger partial charge >= 0.3 is 0 Å². The molecule has 1 fully saturated rings. The minimum Gasteiger partial charge on any atom is -0.865 e. The fourth-order valence-electron chi connectivity index (χ4n) is 3.25. The summed E-state index contributed by atoms with van der Waals surface area (Å²) in [4.78, 5) is 22.6. The van der Waals surface area contributed by atoms with Crippen LogP contribution in [0.5, 0.6) is 11.5 Å². The Labute approximate surface area is 184 Å². The number of carbonyl (C=O) groups excluding carboxylic acids is 1. The van der Waals surface area contributed by atoms with Gasteiger partial charge in [-0.1, -0.05) is 12.5 Å². The second-order valence-electron chi connectivity index (χ2n) is 7.02. The summed E-state index contributed by atoms with van der Waals surface area (Å²) >= 11 is 0. The van der Waals surface area contributed by atoms with Crippen molar-refractivity contribution in [3.8, 4) is 11.5 Å².